The maximum absolute atomic E-state index is 11.6. The minimum atomic E-state index is 0.0112. The van der Waals surface area contributed by atoms with Gasteiger partial charge in [-0.25, -0.2) is 9.97 Å². The molecule has 35 heavy (non-hydrogen) atoms. The predicted octanol–water partition coefficient (Wildman–Crippen LogP) is 6.38. The van der Waals surface area contributed by atoms with E-state index >= 15 is 0 Å². The van der Waals surface area contributed by atoms with Gasteiger partial charge in [0.1, 0.15) is 11.9 Å². The average molecular weight is 487 g/mol. The van der Waals surface area contributed by atoms with Gasteiger partial charge in [-0.1, -0.05) is 48.5 Å². The van der Waals surface area contributed by atoms with E-state index in [0.29, 0.717) is 23.1 Å². The molecule has 2 N–H and O–H groups in total. The number of halogens is 1. The lowest BCUT2D eigenvalue weighted by atomic mass is 9.93. The summed E-state index contributed by atoms with van der Waals surface area (Å²) in [5.74, 6) is 1.39. The number of H-pyrrole nitrogens is 1. The van der Waals surface area contributed by atoms with Crippen molar-refractivity contribution in [1.82, 2.24) is 15.0 Å². The highest BCUT2D eigenvalue weighted by Crippen LogP contribution is 2.33. The van der Waals surface area contributed by atoms with E-state index in [-0.39, 0.29) is 17.9 Å². The summed E-state index contributed by atoms with van der Waals surface area (Å²) < 4.78 is 6.25. The molecule has 5 rings (SSSR count). The number of ether oxygens (including phenoxy) is 1. The number of allylic oxidation sites excluding steroid dienone is 1. The van der Waals surface area contributed by atoms with Crippen molar-refractivity contribution in [2.75, 3.05) is 5.32 Å². The van der Waals surface area contributed by atoms with E-state index < -0.39 is 0 Å². The van der Waals surface area contributed by atoms with E-state index in [0.717, 1.165) is 53.5 Å². The molecule has 0 aliphatic heterocycles. The van der Waals surface area contributed by atoms with Crippen molar-refractivity contribution in [3.8, 4) is 17.0 Å². The number of nitrogens with one attached hydrogen (secondary N) is 2. The van der Waals surface area contributed by atoms with Gasteiger partial charge in [-0.15, -0.1) is 0 Å². The van der Waals surface area contributed by atoms with Crippen LogP contribution < -0.4 is 10.1 Å². The number of fused-ring (bicyclic) bond motifs is 1. The van der Waals surface area contributed by atoms with Gasteiger partial charge >= 0.3 is 0 Å². The SMILES string of the molecule is C=CC(=O)Cc1ccc(O[C@@H]2CCC[C@@H](Nc3ncc(Cl)c(-c4c[nH]c5ccccc45)n3)C2)cc1. The summed E-state index contributed by atoms with van der Waals surface area (Å²) in [6.45, 7) is 3.53. The van der Waals surface area contributed by atoms with E-state index in [9.17, 15) is 4.79 Å². The molecule has 2 atom stereocenters. The van der Waals surface area contributed by atoms with Gasteiger partial charge in [-0.2, -0.15) is 0 Å². The summed E-state index contributed by atoms with van der Waals surface area (Å²) in [4.78, 5) is 24.0. The number of aromatic nitrogens is 3. The zero-order chi connectivity index (χ0) is 24.2. The number of aromatic amines is 1. The number of para-hydroxylation sites is 1. The fraction of sp³-hybridized carbons (Fsp3) is 0.250. The second kappa shape index (κ2) is 10.3. The van der Waals surface area contributed by atoms with Crippen LogP contribution in [-0.4, -0.2) is 32.9 Å². The Hall–Kier alpha value is -3.64. The molecule has 1 saturated carbocycles. The van der Waals surface area contributed by atoms with Crippen LogP contribution in [0.5, 0.6) is 5.75 Å². The molecule has 0 amide bonds. The van der Waals surface area contributed by atoms with Gasteiger partial charge in [0.2, 0.25) is 5.95 Å². The van der Waals surface area contributed by atoms with Crippen molar-refractivity contribution in [1.29, 1.82) is 0 Å². The number of anilines is 1. The van der Waals surface area contributed by atoms with E-state index in [2.05, 4.69) is 27.9 Å². The first-order chi connectivity index (χ1) is 17.1. The summed E-state index contributed by atoms with van der Waals surface area (Å²) in [6, 6.07) is 16.0. The molecule has 1 aliphatic rings. The minimum Gasteiger partial charge on any atom is -0.490 e. The number of carbonyl (C=O) groups is 1. The summed E-state index contributed by atoms with van der Waals surface area (Å²) in [5, 5.41) is 5.08. The maximum atomic E-state index is 11.6. The lowest BCUT2D eigenvalue weighted by Crippen LogP contribution is -2.33. The molecule has 0 bridgehead atoms. The van der Waals surface area contributed by atoms with Crippen LogP contribution in [0.15, 0.2) is 73.6 Å². The molecule has 6 nitrogen and oxygen atoms in total. The largest absolute Gasteiger partial charge is 0.490 e. The van der Waals surface area contributed by atoms with Crippen molar-refractivity contribution in [3.63, 3.8) is 0 Å². The second-order valence-corrected chi connectivity index (χ2v) is 9.28. The number of hydrogen-bond donors (Lipinski definition) is 2. The molecule has 178 valence electrons. The highest BCUT2D eigenvalue weighted by atomic mass is 35.5. The summed E-state index contributed by atoms with van der Waals surface area (Å²) >= 11 is 6.48. The highest BCUT2D eigenvalue weighted by Gasteiger charge is 2.24. The molecule has 4 aromatic rings. The fourth-order valence-corrected chi connectivity index (χ4v) is 4.80. The average Bonchev–Trinajstić information content (AvgIpc) is 3.30. The summed E-state index contributed by atoms with van der Waals surface area (Å²) in [7, 11) is 0. The van der Waals surface area contributed by atoms with E-state index in [1.165, 1.54) is 6.08 Å². The van der Waals surface area contributed by atoms with E-state index in [1.54, 1.807) is 6.20 Å². The molecule has 2 aromatic heterocycles. The Labute approximate surface area is 209 Å². The maximum Gasteiger partial charge on any atom is 0.223 e. The number of rotatable bonds is 8. The number of benzene rings is 2. The molecular weight excluding hydrogens is 460 g/mol. The minimum absolute atomic E-state index is 0.0112. The molecular formula is C28H27ClN4O2. The third-order valence-electron chi connectivity index (χ3n) is 6.38. The molecule has 2 heterocycles. The monoisotopic (exact) mass is 486 g/mol. The molecule has 1 aliphatic carbocycles. The lowest BCUT2D eigenvalue weighted by molar-refractivity contribution is -0.114. The summed E-state index contributed by atoms with van der Waals surface area (Å²) in [6.07, 6.45) is 9.33. The zero-order valence-corrected chi connectivity index (χ0v) is 20.1. The van der Waals surface area contributed by atoms with Gasteiger partial charge in [0.15, 0.2) is 5.78 Å². The fourth-order valence-electron chi connectivity index (χ4n) is 4.61. The molecule has 0 radical (unpaired) electrons. The molecule has 0 saturated heterocycles. The topological polar surface area (TPSA) is 79.9 Å². The molecule has 0 spiro atoms. The van der Waals surface area contributed by atoms with E-state index in [4.69, 9.17) is 21.3 Å². The first kappa shape index (κ1) is 23.1. The van der Waals surface area contributed by atoms with Crippen LogP contribution in [0.3, 0.4) is 0 Å². The Kier molecular flexibility index (Phi) is 6.82. The quantitative estimate of drug-likeness (QED) is 0.282. The van der Waals surface area contributed by atoms with Crippen LogP contribution in [0.2, 0.25) is 5.02 Å². The first-order valence-corrected chi connectivity index (χ1v) is 12.2. The van der Waals surface area contributed by atoms with Crippen molar-refractivity contribution >= 4 is 34.2 Å². The number of hydrogen-bond acceptors (Lipinski definition) is 5. The summed E-state index contributed by atoms with van der Waals surface area (Å²) in [5.41, 5.74) is 3.66. The second-order valence-electron chi connectivity index (χ2n) is 8.88. The van der Waals surface area contributed by atoms with Gasteiger partial charge in [0.25, 0.3) is 0 Å². The molecule has 2 aromatic carbocycles. The molecule has 0 unspecified atom stereocenters. The van der Waals surface area contributed by atoms with Crippen LogP contribution in [-0.2, 0) is 11.2 Å². The van der Waals surface area contributed by atoms with Crippen molar-refractivity contribution < 1.29 is 9.53 Å². The number of carbonyl (C=O) groups excluding carboxylic acids is 1. The number of ketones is 1. The molecule has 1 fully saturated rings. The van der Waals surface area contributed by atoms with Crippen LogP contribution in [0.4, 0.5) is 5.95 Å². The van der Waals surface area contributed by atoms with Crippen LogP contribution in [0, 0.1) is 0 Å². The van der Waals surface area contributed by atoms with Gasteiger partial charge in [-0.3, -0.25) is 4.79 Å². The van der Waals surface area contributed by atoms with Gasteiger partial charge < -0.3 is 15.0 Å². The molecule has 7 heteroatoms. The third-order valence-corrected chi connectivity index (χ3v) is 6.66. The highest BCUT2D eigenvalue weighted by molar-refractivity contribution is 6.33. The predicted molar refractivity (Wildman–Crippen MR) is 140 cm³/mol. The Morgan fingerprint density at radius 1 is 1.20 bits per heavy atom. The Balaban J connectivity index is 1.25. The van der Waals surface area contributed by atoms with Crippen LogP contribution in [0.25, 0.3) is 22.2 Å². The van der Waals surface area contributed by atoms with Crippen molar-refractivity contribution in [2.45, 2.75) is 44.2 Å². The normalized spacial score (nSPS) is 17.7. The Bertz CT molecular complexity index is 1350. The Morgan fingerprint density at radius 2 is 2.03 bits per heavy atom. The van der Waals surface area contributed by atoms with Gasteiger partial charge in [-0.05, 0) is 49.1 Å². The van der Waals surface area contributed by atoms with E-state index in [1.807, 2.05) is 48.7 Å². The third kappa shape index (κ3) is 5.38. The Morgan fingerprint density at radius 3 is 2.86 bits per heavy atom. The van der Waals surface area contributed by atoms with Gasteiger partial charge in [0.05, 0.1) is 16.9 Å². The smallest absolute Gasteiger partial charge is 0.223 e. The van der Waals surface area contributed by atoms with Crippen LogP contribution >= 0.6 is 11.6 Å². The van der Waals surface area contributed by atoms with Crippen molar-refractivity contribution in [2.24, 2.45) is 0 Å². The van der Waals surface area contributed by atoms with Gasteiger partial charge in [0, 0.05) is 41.5 Å². The lowest BCUT2D eigenvalue weighted by Gasteiger charge is -2.30. The zero-order valence-electron chi connectivity index (χ0n) is 19.3. The van der Waals surface area contributed by atoms with Crippen LogP contribution in [0.1, 0.15) is 31.2 Å². The first-order valence-electron chi connectivity index (χ1n) is 11.9. The number of nitrogens with zero attached hydrogens (tertiary/aromatic N) is 2. The van der Waals surface area contributed by atoms with Crippen molar-refractivity contribution in [3.05, 3.63) is 84.2 Å². The standard InChI is InChI=1S/C28H27ClN4O2/c1-2-20(34)14-18-10-12-21(13-11-18)35-22-7-5-6-19(15-22)32-28-31-17-25(29)27(33-28)24-16-30-26-9-4-3-8-23(24)26/h2-4,8-13,16-17,19,22,30H,1,5-7,14-15H2,(H,31,32,33)/t19-,22-/m1/s1.